The van der Waals surface area contributed by atoms with Gasteiger partial charge in [-0.15, -0.1) is 0 Å². The van der Waals surface area contributed by atoms with Crippen LogP contribution in [0.5, 0.6) is 0 Å². The van der Waals surface area contributed by atoms with Gasteiger partial charge in [-0.25, -0.2) is 14.2 Å². The number of ether oxygens (including phenoxy) is 1. The van der Waals surface area contributed by atoms with Crippen molar-refractivity contribution in [2.75, 3.05) is 0 Å². The molecule has 0 saturated heterocycles. The molecular formula is C15H8Cl2FN3O3. The molecule has 0 saturated carbocycles. The lowest BCUT2D eigenvalue weighted by atomic mass is 10.2. The van der Waals surface area contributed by atoms with Crippen molar-refractivity contribution in [3.63, 3.8) is 0 Å². The summed E-state index contributed by atoms with van der Waals surface area (Å²) in [5.41, 5.74) is 0.458. The molecule has 0 bridgehead atoms. The molecular weight excluding hydrogens is 360 g/mol. The van der Waals surface area contributed by atoms with Gasteiger partial charge in [0.15, 0.2) is 12.3 Å². The van der Waals surface area contributed by atoms with E-state index in [4.69, 9.17) is 32.5 Å². The van der Waals surface area contributed by atoms with Crippen molar-refractivity contribution in [3.8, 4) is 11.4 Å². The Kier molecular flexibility index (Phi) is 4.73. The molecule has 0 amide bonds. The summed E-state index contributed by atoms with van der Waals surface area (Å²) >= 11 is 11.6. The minimum Gasteiger partial charge on any atom is -0.451 e. The number of hydrogen-bond acceptors (Lipinski definition) is 6. The number of pyridine rings is 1. The van der Waals surface area contributed by atoms with E-state index in [0.717, 1.165) is 0 Å². The Morgan fingerprint density at radius 3 is 2.62 bits per heavy atom. The van der Waals surface area contributed by atoms with E-state index < -0.39 is 5.97 Å². The summed E-state index contributed by atoms with van der Waals surface area (Å²) in [6.07, 6.45) is 0. The third-order valence-corrected chi connectivity index (χ3v) is 3.42. The Balaban J connectivity index is 1.68. The number of hydrogen-bond donors (Lipinski definition) is 0. The van der Waals surface area contributed by atoms with Crippen LogP contribution in [0.2, 0.25) is 10.2 Å². The van der Waals surface area contributed by atoms with E-state index >= 15 is 0 Å². The zero-order valence-electron chi connectivity index (χ0n) is 11.9. The maximum Gasteiger partial charge on any atom is 0.359 e. The van der Waals surface area contributed by atoms with Crippen molar-refractivity contribution >= 4 is 29.2 Å². The van der Waals surface area contributed by atoms with Crippen molar-refractivity contribution in [2.24, 2.45) is 0 Å². The zero-order valence-corrected chi connectivity index (χ0v) is 13.4. The monoisotopic (exact) mass is 367 g/mol. The number of aromatic nitrogens is 3. The summed E-state index contributed by atoms with van der Waals surface area (Å²) < 4.78 is 22.9. The largest absolute Gasteiger partial charge is 0.451 e. The Morgan fingerprint density at radius 2 is 1.88 bits per heavy atom. The number of nitrogens with zero attached hydrogens (tertiary/aromatic N) is 3. The smallest absolute Gasteiger partial charge is 0.359 e. The van der Waals surface area contributed by atoms with Crippen LogP contribution >= 0.6 is 23.2 Å². The number of carbonyl (C=O) groups excluding carboxylic acids is 1. The summed E-state index contributed by atoms with van der Waals surface area (Å²) in [6.45, 7) is -0.266. The van der Waals surface area contributed by atoms with E-state index in [9.17, 15) is 9.18 Å². The van der Waals surface area contributed by atoms with Gasteiger partial charge in [0.1, 0.15) is 11.0 Å². The highest BCUT2D eigenvalue weighted by atomic mass is 35.5. The van der Waals surface area contributed by atoms with Crippen LogP contribution in [-0.2, 0) is 11.3 Å². The van der Waals surface area contributed by atoms with Gasteiger partial charge in [-0.2, -0.15) is 4.98 Å². The van der Waals surface area contributed by atoms with E-state index in [-0.39, 0.29) is 40.0 Å². The van der Waals surface area contributed by atoms with Crippen molar-refractivity contribution in [3.05, 3.63) is 64.0 Å². The molecule has 24 heavy (non-hydrogen) atoms. The lowest BCUT2D eigenvalue weighted by Gasteiger charge is -2.03. The first-order valence-corrected chi connectivity index (χ1v) is 7.36. The van der Waals surface area contributed by atoms with Crippen LogP contribution in [0.15, 0.2) is 40.9 Å². The van der Waals surface area contributed by atoms with E-state index in [0.29, 0.717) is 5.56 Å². The fourth-order valence-corrected chi connectivity index (χ4v) is 2.12. The molecule has 0 unspecified atom stereocenters. The average Bonchev–Trinajstić information content (AvgIpc) is 3.04. The van der Waals surface area contributed by atoms with Gasteiger partial charge < -0.3 is 9.26 Å². The van der Waals surface area contributed by atoms with Gasteiger partial charge >= 0.3 is 5.97 Å². The maximum absolute atomic E-state index is 12.9. The molecule has 0 fully saturated rings. The lowest BCUT2D eigenvalue weighted by molar-refractivity contribution is 0.0423. The van der Waals surface area contributed by atoms with Crippen LogP contribution in [0.3, 0.4) is 0 Å². The lowest BCUT2D eigenvalue weighted by Crippen LogP contribution is -2.08. The van der Waals surface area contributed by atoms with E-state index in [2.05, 4.69) is 15.1 Å². The number of halogens is 3. The highest BCUT2D eigenvalue weighted by molar-refractivity contribution is 6.34. The predicted molar refractivity (Wildman–Crippen MR) is 83.1 cm³/mol. The zero-order chi connectivity index (χ0) is 17.1. The molecule has 3 rings (SSSR count). The molecule has 0 atom stereocenters. The van der Waals surface area contributed by atoms with Crippen LogP contribution < -0.4 is 0 Å². The van der Waals surface area contributed by atoms with Crippen molar-refractivity contribution in [1.82, 2.24) is 15.1 Å². The van der Waals surface area contributed by atoms with Gasteiger partial charge in [-0.3, -0.25) is 0 Å². The summed E-state index contributed by atoms with van der Waals surface area (Å²) in [6, 6.07) is 8.45. The van der Waals surface area contributed by atoms with Gasteiger partial charge in [-0.05, 0) is 36.4 Å². The molecule has 1 aromatic carbocycles. The Labute approximate surface area is 145 Å². The van der Waals surface area contributed by atoms with Crippen molar-refractivity contribution < 1.29 is 18.4 Å². The Bertz CT molecular complexity index is 884. The van der Waals surface area contributed by atoms with Gasteiger partial charge in [0.05, 0.1) is 5.02 Å². The first kappa shape index (κ1) is 16.4. The first-order chi connectivity index (χ1) is 11.5. The molecule has 2 aromatic heterocycles. The minimum atomic E-state index is -0.774. The van der Waals surface area contributed by atoms with E-state index in [1.165, 1.54) is 36.4 Å². The van der Waals surface area contributed by atoms with Crippen LogP contribution in [0, 0.1) is 5.82 Å². The molecule has 0 aliphatic rings. The number of carbonyl (C=O) groups is 1. The number of esters is 1. The van der Waals surface area contributed by atoms with Crippen LogP contribution in [0.25, 0.3) is 11.4 Å². The summed E-state index contributed by atoms with van der Waals surface area (Å²) in [5, 5.41) is 3.96. The number of benzene rings is 1. The summed E-state index contributed by atoms with van der Waals surface area (Å²) in [7, 11) is 0. The van der Waals surface area contributed by atoms with Gasteiger partial charge in [0, 0.05) is 5.56 Å². The van der Waals surface area contributed by atoms with Crippen molar-refractivity contribution in [1.29, 1.82) is 0 Å². The van der Waals surface area contributed by atoms with Gasteiger partial charge in [-0.1, -0.05) is 28.4 Å². The van der Waals surface area contributed by atoms with Gasteiger partial charge in [0.2, 0.25) is 5.82 Å². The quantitative estimate of drug-likeness (QED) is 0.513. The normalized spacial score (nSPS) is 10.6. The van der Waals surface area contributed by atoms with Crippen molar-refractivity contribution in [2.45, 2.75) is 6.61 Å². The second kappa shape index (κ2) is 6.94. The summed E-state index contributed by atoms with van der Waals surface area (Å²) in [5.74, 6) is -0.827. The molecule has 6 nitrogen and oxygen atoms in total. The molecule has 122 valence electrons. The summed E-state index contributed by atoms with van der Waals surface area (Å²) in [4.78, 5) is 19.8. The topological polar surface area (TPSA) is 78.1 Å². The average molecular weight is 368 g/mol. The van der Waals surface area contributed by atoms with Crippen LogP contribution in [0.4, 0.5) is 4.39 Å². The minimum absolute atomic E-state index is 0.0702. The third kappa shape index (κ3) is 3.69. The highest BCUT2D eigenvalue weighted by Gasteiger charge is 2.17. The van der Waals surface area contributed by atoms with Crippen LogP contribution in [-0.4, -0.2) is 21.1 Å². The number of rotatable bonds is 4. The second-order valence-corrected chi connectivity index (χ2v) is 5.35. The molecule has 0 N–H and O–H groups in total. The second-order valence-electron chi connectivity index (χ2n) is 4.56. The molecule has 2 heterocycles. The first-order valence-electron chi connectivity index (χ1n) is 6.60. The molecule has 0 aliphatic heterocycles. The fraction of sp³-hybridized carbons (Fsp3) is 0.0667. The van der Waals surface area contributed by atoms with E-state index in [1.54, 1.807) is 0 Å². The molecule has 0 spiro atoms. The standard InChI is InChI=1S/C15H8Cl2FN3O3/c16-10-5-6-11(17)19-13(10)15(22)23-7-12-20-14(21-24-12)8-1-3-9(18)4-2-8/h1-6H,7H2. The molecule has 9 heteroatoms. The SMILES string of the molecule is O=C(OCc1nc(-c2ccc(F)cc2)no1)c1nc(Cl)ccc1Cl. The highest BCUT2D eigenvalue weighted by Crippen LogP contribution is 2.19. The predicted octanol–water partition coefficient (Wildman–Crippen LogP) is 3.93. The molecule has 3 aromatic rings. The fourth-order valence-electron chi connectivity index (χ4n) is 1.79. The Hall–Kier alpha value is -2.51. The van der Waals surface area contributed by atoms with E-state index in [1.807, 2.05) is 0 Å². The Morgan fingerprint density at radius 1 is 1.12 bits per heavy atom. The van der Waals surface area contributed by atoms with Crippen LogP contribution in [0.1, 0.15) is 16.4 Å². The van der Waals surface area contributed by atoms with Gasteiger partial charge in [0.25, 0.3) is 5.89 Å². The maximum atomic E-state index is 12.9. The molecule has 0 radical (unpaired) electrons. The molecule has 0 aliphatic carbocycles. The third-order valence-electron chi connectivity index (χ3n) is 2.90.